The Balaban J connectivity index is 1.69. The molecule has 3 amide bonds. The predicted octanol–water partition coefficient (Wildman–Crippen LogP) is 2.21. The third-order valence-corrected chi connectivity index (χ3v) is 4.99. The van der Waals surface area contributed by atoms with Crippen LogP contribution in [0.5, 0.6) is 0 Å². The van der Waals surface area contributed by atoms with Gasteiger partial charge in [0.05, 0.1) is 0 Å². The molecule has 6 nitrogen and oxygen atoms in total. The number of benzene rings is 2. The summed E-state index contributed by atoms with van der Waals surface area (Å²) in [5, 5.41) is 8.42. The van der Waals surface area contributed by atoms with Crippen LogP contribution in [0.4, 0.5) is 0 Å². The Hall–Kier alpha value is -3.41. The van der Waals surface area contributed by atoms with E-state index in [9.17, 15) is 14.4 Å². The molecule has 2 unspecified atom stereocenters. The van der Waals surface area contributed by atoms with Gasteiger partial charge in [0.2, 0.25) is 17.7 Å². The largest absolute Gasteiger partial charge is 0.354 e. The van der Waals surface area contributed by atoms with Crippen molar-refractivity contribution < 1.29 is 14.4 Å². The summed E-state index contributed by atoms with van der Waals surface area (Å²) in [5.41, 5.74) is 1.82. The van der Waals surface area contributed by atoms with E-state index in [2.05, 4.69) is 16.0 Å². The van der Waals surface area contributed by atoms with Crippen LogP contribution in [0.25, 0.3) is 6.08 Å². The number of rotatable bonds is 7. The molecule has 0 aromatic heterocycles. The highest BCUT2D eigenvalue weighted by Gasteiger charge is 2.27. The van der Waals surface area contributed by atoms with E-state index in [0.29, 0.717) is 19.4 Å². The number of amides is 3. The summed E-state index contributed by atoms with van der Waals surface area (Å²) in [4.78, 5) is 37.6. The van der Waals surface area contributed by atoms with Gasteiger partial charge in [0, 0.05) is 19.0 Å². The molecule has 1 fully saturated rings. The molecule has 3 rings (SSSR count). The molecule has 1 aliphatic rings. The fraction of sp³-hybridized carbons (Fsp3) is 0.292. The maximum absolute atomic E-state index is 13.0. The van der Waals surface area contributed by atoms with E-state index in [0.717, 1.165) is 24.0 Å². The maximum atomic E-state index is 13.0. The highest BCUT2D eigenvalue weighted by Crippen LogP contribution is 2.08. The van der Waals surface area contributed by atoms with Crippen LogP contribution in [0, 0.1) is 0 Å². The van der Waals surface area contributed by atoms with Crippen molar-refractivity contribution in [2.24, 2.45) is 0 Å². The van der Waals surface area contributed by atoms with Crippen molar-refractivity contribution in [2.75, 3.05) is 6.54 Å². The van der Waals surface area contributed by atoms with Gasteiger partial charge in [0.1, 0.15) is 12.1 Å². The quantitative estimate of drug-likeness (QED) is 0.617. The van der Waals surface area contributed by atoms with Crippen LogP contribution in [0.2, 0.25) is 0 Å². The Kier molecular flexibility index (Phi) is 7.78. The minimum absolute atomic E-state index is 0.172. The maximum Gasteiger partial charge on any atom is 0.244 e. The van der Waals surface area contributed by atoms with Gasteiger partial charge in [-0.2, -0.15) is 0 Å². The van der Waals surface area contributed by atoms with E-state index in [-0.39, 0.29) is 17.7 Å². The second kappa shape index (κ2) is 11.0. The summed E-state index contributed by atoms with van der Waals surface area (Å²) in [5.74, 6) is -0.891. The lowest BCUT2D eigenvalue weighted by atomic mass is 10.0. The first-order valence-corrected chi connectivity index (χ1v) is 10.3. The third-order valence-electron chi connectivity index (χ3n) is 4.99. The van der Waals surface area contributed by atoms with Gasteiger partial charge in [-0.3, -0.25) is 14.4 Å². The number of hydrogen-bond donors (Lipinski definition) is 3. The first-order valence-electron chi connectivity index (χ1n) is 10.3. The Morgan fingerprint density at radius 3 is 2.47 bits per heavy atom. The van der Waals surface area contributed by atoms with Gasteiger partial charge in [-0.25, -0.2) is 0 Å². The molecule has 2 atom stereocenters. The Bertz CT molecular complexity index is 881. The average molecular weight is 405 g/mol. The summed E-state index contributed by atoms with van der Waals surface area (Å²) in [6.45, 7) is 0.625. The monoisotopic (exact) mass is 405 g/mol. The molecule has 0 spiro atoms. The Morgan fingerprint density at radius 2 is 1.73 bits per heavy atom. The molecular formula is C24H27N3O3. The van der Waals surface area contributed by atoms with Crippen molar-refractivity contribution in [1.82, 2.24) is 16.0 Å². The lowest BCUT2D eigenvalue weighted by molar-refractivity contribution is -0.131. The third kappa shape index (κ3) is 6.58. The van der Waals surface area contributed by atoms with Crippen LogP contribution in [0.15, 0.2) is 66.7 Å². The second-order valence-electron chi connectivity index (χ2n) is 7.34. The smallest absolute Gasteiger partial charge is 0.244 e. The first-order chi connectivity index (χ1) is 14.6. The summed E-state index contributed by atoms with van der Waals surface area (Å²) < 4.78 is 0. The molecule has 6 heteroatoms. The predicted molar refractivity (Wildman–Crippen MR) is 116 cm³/mol. The lowest BCUT2D eigenvalue weighted by Gasteiger charge is -2.21. The molecule has 1 heterocycles. The van der Waals surface area contributed by atoms with Gasteiger partial charge in [0.25, 0.3) is 0 Å². The van der Waals surface area contributed by atoms with Gasteiger partial charge < -0.3 is 16.0 Å². The Labute approximate surface area is 176 Å². The molecule has 0 aliphatic carbocycles. The number of nitrogens with one attached hydrogen (secondary N) is 3. The molecule has 3 N–H and O–H groups in total. The van der Waals surface area contributed by atoms with Crippen LogP contribution in [0.1, 0.15) is 30.4 Å². The van der Waals surface area contributed by atoms with E-state index < -0.39 is 12.1 Å². The zero-order valence-electron chi connectivity index (χ0n) is 16.8. The SMILES string of the molecule is O=C(/C=C/c1ccccc1)NC(Cc1ccccc1)C(=O)NC1CCCCNC1=O. The van der Waals surface area contributed by atoms with Crippen molar-refractivity contribution in [3.8, 4) is 0 Å². The van der Waals surface area contributed by atoms with Gasteiger partial charge in [0.15, 0.2) is 0 Å². The van der Waals surface area contributed by atoms with E-state index in [1.807, 2.05) is 60.7 Å². The fourth-order valence-electron chi connectivity index (χ4n) is 3.36. The number of hydrogen-bond acceptors (Lipinski definition) is 3. The van der Waals surface area contributed by atoms with E-state index in [4.69, 9.17) is 0 Å². The van der Waals surface area contributed by atoms with E-state index in [1.165, 1.54) is 6.08 Å². The van der Waals surface area contributed by atoms with E-state index >= 15 is 0 Å². The molecule has 2 aromatic rings. The van der Waals surface area contributed by atoms with Crippen LogP contribution < -0.4 is 16.0 Å². The van der Waals surface area contributed by atoms with Crippen LogP contribution in [0.3, 0.4) is 0 Å². The molecule has 156 valence electrons. The molecule has 1 saturated heterocycles. The fourth-order valence-corrected chi connectivity index (χ4v) is 3.36. The Morgan fingerprint density at radius 1 is 1.03 bits per heavy atom. The summed E-state index contributed by atoms with van der Waals surface area (Å²) in [6, 6.07) is 17.6. The summed E-state index contributed by atoms with van der Waals surface area (Å²) in [6.07, 6.45) is 5.81. The van der Waals surface area contributed by atoms with Crippen molar-refractivity contribution in [3.63, 3.8) is 0 Å². The molecule has 2 aromatic carbocycles. The van der Waals surface area contributed by atoms with Gasteiger partial charge in [-0.1, -0.05) is 60.7 Å². The van der Waals surface area contributed by atoms with Crippen LogP contribution >= 0.6 is 0 Å². The highest BCUT2D eigenvalue weighted by molar-refractivity contribution is 5.96. The van der Waals surface area contributed by atoms with Crippen molar-refractivity contribution in [2.45, 2.75) is 37.8 Å². The standard InChI is InChI=1S/C24H27N3O3/c28-22(15-14-18-9-3-1-4-10-18)26-21(17-19-11-5-2-6-12-19)24(30)27-20-13-7-8-16-25-23(20)29/h1-6,9-12,14-15,20-21H,7-8,13,16-17H2,(H,25,29)(H,26,28)(H,27,30)/b15-14+. The zero-order valence-corrected chi connectivity index (χ0v) is 16.8. The highest BCUT2D eigenvalue weighted by atomic mass is 16.2. The molecular weight excluding hydrogens is 378 g/mol. The minimum atomic E-state index is -0.781. The second-order valence-corrected chi connectivity index (χ2v) is 7.34. The number of carbonyl (C=O) groups excluding carboxylic acids is 3. The van der Waals surface area contributed by atoms with Crippen molar-refractivity contribution in [1.29, 1.82) is 0 Å². The summed E-state index contributed by atoms with van der Waals surface area (Å²) in [7, 11) is 0. The molecule has 30 heavy (non-hydrogen) atoms. The lowest BCUT2D eigenvalue weighted by Crippen LogP contribution is -2.53. The van der Waals surface area contributed by atoms with E-state index in [1.54, 1.807) is 6.08 Å². The van der Waals surface area contributed by atoms with Gasteiger partial charge in [-0.15, -0.1) is 0 Å². The molecule has 0 saturated carbocycles. The van der Waals surface area contributed by atoms with Crippen molar-refractivity contribution in [3.05, 3.63) is 77.9 Å². The average Bonchev–Trinajstić information content (AvgIpc) is 2.97. The van der Waals surface area contributed by atoms with Crippen molar-refractivity contribution >= 4 is 23.8 Å². The molecule has 0 radical (unpaired) electrons. The minimum Gasteiger partial charge on any atom is -0.354 e. The first kappa shape index (κ1) is 21.3. The number of carbonyl (C=O) groups is 3. The van der Waals surface area contributed by atoms with Crippen LogP contribution in [-0.4, -0.2) is 36.3 Å². The van der Waals surface area contributed by atoms with Crippen LogP contribution in [-0.2, 0) is 20.8 Å². The normalized spacial score (nSPS) is 17.6. The van der Waals surface area contributed by atoms with Gasteiger partial charge in [-0.05, 0) is 36.5 Å². The summed E-state index contributed by atoms with van der Waals surface area (Å²) >= 11 is 0. The topological polar surface area (TPSA) is 87.3 Å². The zero-order chi connectivity index (χ0) is 21.2. The van der Waals surface area contributed by atoms with Gasteiger partial charge >= 0.3 is 0 Å². The molecule has 0 bridgehead atoms. The molecule has 1 aliphatic heterocycles.